The minimum absolute atomic E-state index is 0.0454. The summed E-state index contributed by atoms with van der Waals surface area (Å²) >= 11 is 0. The van der Waals surface area contributed by atoms with Gasteiger partial charge in [0.2, 0.25) is 0 Å². The number of alkyl halides is 3. The molecule has 1 aromatic carbocycles. The van der Waals surface area contributed by atoms with Crippen molar-refractivity contribution in [3.63, 3.8) is 0 Å². The van der Waals surface area contributed by atoms with Gasteiger partial charge in [-0.15, -0.1) is 0 Å². The van der Waals surface area contributed by atoms with Gasteiger partial charge in [-0.3, -0.25) is 9.78 Å². The Bertz CT molecular complexity index is 801. The second-order valence-corrected chi connectivity index (χ2v) is 6.91. The Kier molecular flexibility index (Phi) is 4.71. The van der Waals surface area contributed by atoms with Crippen LogP contribution in [0.25, 0.3) is 10.9 Å². The average molecular weight is 350 g/mol. The molecule has 25 heavy (non-hydrogen) atoms. The zero-order valence-electron chi connectivity index (χ0n) is 14.3. The first kappa shape index (κ1) is 17.7. The number of nitrogens with zero attached hydrogens (tertiary/aromatic N) is 1. The van der Waals surface area contributed by atoms with E-state index in [-0.39, 0.29) is 18.7 Å². The summed E-state index contributed by atoms with van der Waals surface area (Å²) in [5.41, 5.74) is 2.90. The van der Waals surface area contributed by atoms with E-state index in [1.807, 2.05) is 25.1 Å². The third-order valence-corrected chi connectivity index (χ3v) is 4.81. The van der Waals surface area contributed by atoms with E-state index in [1.54, 1.807) is 13.0 Å². The number of aromatic nitrogens is 1. The third-order valence-electron chi connectivity index (χ3n) is 4.81. The van der Waals surface area contributed by atoms with Crippen LogP contribution in [0.2, 0.25) is 0 Å². The first-order chi connectivity index (χ1) is 11.7. The second-order valence-electron chi connectivity index (χ2n) is 6.91. The number of benzene rings is 1. The number of carbonyl (C=O) groups excluding carboxylic acids is 1. The molecule has 1 saturated carbocycles. The van der Waals surface area contributed by atoms with E-state index in [0.717, 1.165) is 10.9 Å². The Morgan fingerprint density at radius 1 is 1.20 bits per heavy atom. The summed E-state index contributed by atoms with van der Waals surface area (Å²) < 4.78 is 38.9. The van der Waals surface area contributed by atoms with Crippen LogP contribution in [0.5, 0.6) is 0 Å². The van der Waals surface area contributed by atoms with Crippen molar-refractivity contribution in [3.8, 4) is 0 Å². The predicted octanol–water partition coefficient (Wildman–Crippen LogP) is 4.70. The second kappa shape index (κ2) is 6.65. The Balaban J connectivity index is 1.84. The number of fused-ring (bicyclic) bond motifs is 1. The van der Waals surface area contributed by atoms with Gasteiger partial charge in [0, 0.05) is 17.1 Å². The monoisotopic (exact) mass is 350 g/mol. The predicted molar refractivity (Wildman–Crippen MR) is 90.5 cm³/mol. The number of aryl methyl sites for hydroxylation is 2. The van der Waals surface area contributed by atoms with Gasteiger partial charge in [0.05, 0.1) is 17.0 Å². The van der Waals surface area contributed by atoms with Crippen LogP contribution in [-0.2, 0) is 0 Å². The maximum atomic E-state index is 13.0. The zero-order chi connectivity index (χ0) is 18.2. The summed E-state index contributed by atoms with van der Waals surface area (Å²) in [4.78, 5) is 17.1. The molecule has 6 heteroatoms. The van der Waals surface area contributed by atoms with Gasteiger partial charge in [-0.1, -0.05) is 18.1 Å². The molecule has 1 aliphatic rings. The number of pyridine rings is 1. The van der Waals surface area contributed by atoms with Gasteiger partial charge in [0.25, 0.3) is 5.91 Å². The summed E-state index contributed by atoms with van der Waals surface area (Å²) in [7, 11) is 0. The smallest absolute Gasteiger partial charge is 0.349 e. The first-order valence-electron chi connectivity index (χ1n) is 8.49. The molecule has 0 radical (unpaired) electrons. The molecule has 0 aliphatic heterocycles. The normalized spacial score (nSPS) is 21.3. The van der Waals surface area contributed by atoms with Crippen molar-refractivity contribution < 1.29 is 18.0 Å². The highest BCUT2D eigenvalue weighted by Crippen LogP contribution is 2.37. The molecule has 1 aromatic heterocycles. The van der Waals surface area contributed by atoms with E-state index >= 15 is 0 Å². The van der Waals surface area contributed by atoms with Crippen LogP contribution in [0, 0.1) is 19.8 Å². The highest BCUT2D eigenvalue weighted by molar-refractivity contribution is 6.06. The topological polar surface area (TPSA) is 42.0 Å². The van der Waals surface area contributed by atoms with Crippen LogP contribution in [0.1, 0.15) is 47.3 Å². The lowest BCUT2D eigenvalue weighted by molar-refractivity contribution is -0.183. The van der Waals surface area contributed by atoms with Crippen LogP contribution in [0.15, 0.2) is 24.3 Å². The van der Waals surface area contributed by atoms with Gasteiger partial charge >= 0.3 is 6.18 Å². The molecule has 2 atom stereocenters. The number of carbonyl (C=O) groups is 1. The Labute approximate surface area is 144 Å². The van der Waals surface area contributed by atoms with Crippen molar-refractivity contribution in [2.45, 2.75) is 51.7 Å². The minimum Gasteiger partial charge on any atom is -0.349 e. The number of rotatable bonds is 2. The van der Waals surface area contributed by atoms with E-state index in [9.17, 15) is 18.0 Å². The number of nitrogens with one attached hydrogen (secondary N) is 1. The molecule has 2 unspecified atom stereocenters. The molecule has 3 nitrogen and oxygen atoms in total. The summed E-state index contributed by atoms with van der Waals surface area (Å²) in [6.07, 6.45) is -3.03. The molecular formula is C19H21F3N2O. The number of hydrogen-bond acceptors (Lipinski definition) is 2. The Morgan fingerprint density at radius 2 is 1.96 bits per heavy atom. The summed E-state index contributed by atoms with van der Waals surface area (Å²) in [5, 5.41) is 3.54. The van der Waals surface area contributed by atoms with Crippen molar-refractivity contribution in [2.75, 3.05) is 0 Å². The van der Waals surface area contributed by atoms with Gasteiger partial charge in [-0.05, 0) is 51.3 Å². The van der Waals surface area contributed by atoms with E-state index in [2.05, 4.69) is 10.3 Å². The standard InChI is InChI=1S/C19H21F3N2O/c1-11-6-7-17-15(8-11)16(9-12(2)23-17)18(25)24-14-5-3-4-13(10-14)19(20,21)22/h6-9,13-14H,3-5,10H2,1-2H3,(H,24,25). The van der Waals surface area contributed by atoms with Gasteiger partial charge in [0.15, 0.2) is 0 Å². The first-order valence-corrected chi connectivity index (χ1v) is 8.49. The number of hydrogen-bond donors (Lipinski definition) is 1. The average Bonchev–Trinajstić information content (AvgIpc) is 2.54. The molecule has 0 spiro atoms. The van der Waals surface area contributed by atoms with E-state index < -0.39 is 18.1 Å². The lowest BCUT2D eigenvalue weighted by Gasteiger charge is -2.31. The molecule has 134 valence electrons. The molecule has 1 amide bonds. The molecule has 0 bridgehead atoms. The zero-order valence-corrected chi connectivity index (χ0v) is 14.3. The molecule has 1 N–H and O–H groups in total. The molecule has 1 heterocycles. The van der Waals surface area contributed by atoms with Crippen LogP contribution < -0.4 is 5.32 Å². The maximum absolute atomic E-state index is 13.0. The summed E-state index contributed by atoms with van der Waals surface area (Å²) in [5.74, 6) is -1.65. The molecular weight excluding hydrogens is 329 g/mol. The highest BCUT2D eigenvalue weighted by Gasteiger charge is 2.42. The van der Waals surface area contributed by atoms with E-state index in [0.29, 0.717) is 29.6 Å². The fourth-order valence-corrected chi connectivity index (χ4v) is 3.54. The molecule has 3 rings (SSSR count). The van der Waals surface area contributed by atoms with Gasteiger partial charge in [0.1, 0.15) is 0 Å². The summed E-state index contributed by atoms with van der Waals surface area (Å²) in [6.45, 7) is 3.73. The van der Waals surface area contributed by atoms with Crippen LogP contribution in [-0.4, -0.2) is 23.1 Å². The fourth-order valence-electron chi connectivity index (χ4n) is 3.54. The lowest BCUT2D eigenvalue weighted by atomic mass is 9.85. The molecule has 1 aliphatic carbocycles. The molecule has 0 saturated heterocycles. The van der Waals surface area contributed by atoms with Crippen molar-refractivity contribution in [2.24, 2.45) is 5.92 Å². The Hall–Kier alpha value is -2.11. The van der Waals surface area contributed by atoms with Crippen molar-refractivity contribution >= 4 is 16.8 Å². The Morgan fingerprint density at radius 3 is 2.68 bits per heavy atom. The van der Waals surface area contributed by atoms with Crippen molar-refractivity contribution in [3.05, 3.63) is 41.1 Å². The van der Waals surface area contributed by atoms with Gasteiger partial charge in [-0.25, -0.2) is 0 Å². The number of halogens is 3. The van der Waals surface area contributed by atoms with Gasteiger partial charge < -0.3 is 5.32 Å². The number of amides is 1. The van der Waals surface area contributed by atoms with Crippen molar-refractivity contribution in [1.29, 1.82) is 0 Å². The fraction of sp³-hybridized carbons (Fsp3) is 0.474. The van der Waals surface area contributed by atoms with Crippen LogP contribution in [0.4, 0.5) is 13.2 Å². The quantitative estimate of drug-likeness (QED) is 0.853. The minimum atomic E-state index is -4.19. The van der Waals surface area contributed by atoms with E-state index in [1.165, 1.54) is 0 Å². The van der Waals surface area contributed by atoms with Crippen molar-refractivity contribution in [1.82, 2.24) is 10.3 Å². The maximum Gasteiger partial charge on any atom is 0.391 e. The lowest BCUT2D eigenvalue weighted by Crippen LogP contribution is -2.41. The summed E-state index contributed by atoms with van der Waals surface area (Å²) in [6, 6.07) is 6.92. The SMILES string of the molecule is Cc1ccc2nc(C)cc(C(=O)NC3CCCC(C(F)(F)F)C3)c2c1. The third kappa shape index (κ3) is 3.94. The van der Waals surface area contributed by atoms with Crippen LogP contribution in [0.3, 0.4) is 0 Å². The van der Waals surface area contributed by atoms with E-state index in [4.69, 9.17) is 0 Å². The molecule has 2 aromatic rings. The van der Waals surface area contributed by atoms with Gasteiger partial charge in [-0.2, -0.15) is 13.2 Å². The highest BCUT2D eigenvalue weighted by atomic mass is 19.4. The molecule has 1 fully saturated rings. The largest absolute Gasteiger partial charge is 0.391 e. The van der Waals surface area contributed by atoms with Crippen LogP contribution >= 0.6 is 0 Å².